The van der Waals surface area contributed by atoms with Crippen molar-refractivity contribution in [2.45, 2.75) is 38.7 Å². The van der Waals surface area contributed by atoms with Crippen LogP contribution in [0.5, 0.6) is 0 Å². The van der Waals surface area contributed by atoms with Crippen LogP contribution in [0.25, 0.3) is 0 Å². The molecule has 1 heterocycles. The largest absolute Gasteiger partial charge is 0.308 e. The third-order valence-corrected chi connectivity index (χ3v) is 2.17. The van der Waals surface area contributed by atoms with E-state index in [0.29, 0.717) is 6.42 Å². The molecule has 0 saturated carbocycles. The minimum absolute atomic E-state index is 0. The Labute approximate surface area is 78.3 Å². The van der Waals surface area contributed by atoms with E-state index in [1.54, 1.807) is 0 Å². The van der Waals surface area contributed by atoms with Crippen LogP contribution in [-0.4, -0.2) is 18.5 Å². The van der Waals surface area contributed by atoms with Gasteiger partial charge < -0.3 is 5.32 Å². The molecule has 0 radical (unpaired) electrons. The van der Waals surface area contributed by atoms with E-state index in [1.165, 1.54) is 0 Å². The van der Waals surface area contributed by atoms with Gasteiger partial charge in [-0.3, -0.25) is 0 Å². The second-order valence-electron chi connectivity index (χ2n) is 3.54. The third kappa shape index (κ3) is 2.56. The maximum Gasteiger partial charge on any atom is 0.263 e. The van der Waals surface area contributed by atoms with Gasteiger partial charge in [-0.05, 0) is 18.9 Å². The average molecular weight is 200 g/mol. The molecule has 1 nitrogen and oxygen atoms in total. The van der Waals surface area contributed by atoms with Gasteiger partial charge in [-0.25, -0.2) is 8.78 Å². The Morgan fingerprint density at radius 2 is 2.00 bits per heavy atom. The number of hydrogen-bond acceptors (Lipinski definition) is 1. The molecule has 0 aromatic rings. The fraction of sp³-hybridized carbons (Fsp3) is 1.00. The van der Waals surface area contributed by atoms with E-state index in [0.717, 1.165) is 6.54 Å². The summed E-state index contributed by atoms with van der Waals surface area (Å²) in [5.74, 6) is -2.47. The molecule has 1 N–H and O–H groups in total. The predicted molar refractivity (Wildman–Crippen MR) is 48.1 cm³/mol. The number of piperidine rings is 1. The molecule has 1 saturated heterocycles. The van der Waals surface area contributed by atoms with Crippen LogP contribution in [0.1, 0.15) is 26.7 Å². The molecule has 0 aromatic heterocycles. The first-order valence-electron chi connectivity index (χ1n) is 4.15. The predicted octanol–water partition coefficient (Wildman–Crippen LogP) is 2.45. The maximum absolute atomic E-state index is 13.1. The van der Waals surface area contributed by atoms with Crippen molar-refractivity contribution >= 4 is 12.4 Å². The van der Waals surface area contributed by atoms with Crippen molar-refractivity contribution in [3.63, 3.8) is 0 Å². The fourth-order valence-electron chi connectivity index (χ4n) is 1.61. The Bertz CT molecular complexity index is 139. The summed E-state index contributed by atoms with van der Waals surface area (Å²) in [5.41, 5.74) is 0. The van der Waals surface area contributed by atoms with Crippen LogP contribution in [0, 0.1) is 5.92 Å². The molecule has 1 aliphatic heterocycles. The monoisotopic (exact) mass is 199 g/mol. The first-order valence-corrected chi connectivity index (χ1v) is 4.15. The van der Waals surface area contributed by atoms with Crippen LogP contribution < -0.4 is 5.32 Å². The highest BCUT2D eigenvalue weighted by atomic mass is 35.5. The van der Waals surface area contributed by atoms with Crippen molar-refractivity contribution in [2.75, 3.05) is 6.54 Å². The van der Waals surface area contributed by atoms with Gasteiger partial charge in [0.1, 0.15) is 0 Å². The molecule has 1 aliphatic rings. The van der Waals surface area contributed by atoms with Crippen molar-refractivity contribution in [1.29, 1.82) is 0 Å². The smallest absolute Gasteiger partial charge is 0.263 e. The van der Waals surface area contributed by atoms with Crippen molar-refractivity contribution < 1.29 is 8.78 Å². The number of hydrogen-bond donors (Lipinski definition) is 1. The van der Waals surface area contributed by atoms with E-state index in [-0.39, 0.29) is 24.7 Å². The molecule has 12 heavy (non-hydrogen) atoms. The van der Waals surface area contributed by atoms with Crippen molar-refractivity contribution in [3.8, 4) is 0 Å². The molecule has 4 heteroatoms. The summed E-state index contributed by atoms with van der Waals surface area (Å²) < 4.78 is 26.1. The lowest BCUT2D eigenvalue weighted by molar-refractivity contribution is -0.0740. The van der Waals surface area contributed by atoms with Gasteiger partial charge in [-0.15, -0.1) is 12.4 Å². The number of nitrogens with one attached hydrogen (secondary N) is 1. The minimum Gasteiger partial charge on any atom is -0.308 e. The normalized spacial score (nSPS) is 28.2. The summed E-state index contributed by atoms with van der Waals surface area (Å²) in [5, 5.41) is 2.86. The highest BCUT2D eigenvalue weighted by Gasteiger charge is 2.42. The zero-order chi connectivity index (χ0) is 8.48. The molecule has 1 rings (SSSR count). The van der Waals surface area contributed by atoms with Crippen LogP contribution in [0.4, 0.5) is 8.78 Å². The third-order valence-electron chi connectivity index (χ3n) is 2.17. The second kappa shape index (κ2) is 4.38. The molecule has 1 unspecified atom stereocenters. The lowest BCUT2D eigenvalue weighted by Gasteiger charge is -2.34. The molecule has 0 aliphatic carbocycles. The van der Waals surface area contributed by atoms with E-state index < -0.39 is 12.0 Å². The van der Waals surface area contributed by atoms with E-state index in [9.17, 15) is 8.78 Å². The number of halogens is 3. The lowest BCUT2D eigenvalue weighted by Crippen LogP contribution is -2.52. The zero-order valence-corrected chi connectivity index (χ0v) is 8.26. The standard InChI is InChI=1S/C8H15F2N.ClH/c1-6(2)7-8(9,10)4-3-5-11-7;/h6-7,11H,3-5H2,1-2H3;1H. The molecule has 1 atom stereocenters. The topological polar surface area (TPSA) is 12.0 Å². The highest BCUT2D eigenvalue weighted by Crippen LogP contribution is 2.31. The first kappa shape index (κ1) is 12.1. The van der Waals surface area contributed by atoms with Gasteiger partial charge in [0, 0.05) is 6.42 Å². The van der Waals surface area contributed by atoms with Gasteiger partial charge in [0.25, 0.3) is 5.92 Å². The fourth-order valence-corrected chi connectivity index (χ4v) is 1.61. The quantitative estimate of drug-likeness (QED) is 0.684. The van der Waals surface area contributed by atoms with Crippen LogP contribution >= 0.6 is 12.4 Å². The molecular formula is C8H16ClF2N. The number of alkyl halides is 2. The number of rotatable bonds is 1. The van der Waals surface area contributed by atoms with Crippen LogP contribution in [0.15, 0.2) is 0 Å². The Kier molecular flexibility index (Phi) is 4.42. The maximum atomic E-state index is 13.1. The summed E-state index contributed by atoms with van der Waals surface area (Å²) in [6, 6.07) is -0.615. The molecule has 0 spiro atoms. The Morgan fingerprint density at radius 1 is 1.42 bits per heavy atom. The van der Waals surface area contributed by atoms with Crippen molar-refractivity contribution in [3.05, 3.63) is 0 Å². The summed E-state index contributed by atoms with van der Waals surface area (Å²) >= 11 is 0. The van der Waals surface area contributed by atoms with Crippen molar-refractivity contribution in [1.82, 2.24) is 5.32 Å². The molecule has 0 bridgehead atoms. The van der Waals surface area contributed by atoms with Crippen LogP contribution in [0.3, 0.4) is 0 Å². The van der Waals surface area contributed by atoms with Gasteiger partial charge in [0.2, 0.25) is 0 Å². The van der Waals surface area contributed by atoms with Crippen LogP contribution in [0.2, 0.25) is 0 Å². The summed E-state index contributed by atoms with van der Waals surface area (Å²) in [6.07, 6.45) is 0.638. The van der Waals surface area contributed by atoms with Gasteiger partial charge >= 0.3 is 0 Å². The molecule has 0 amide bonds. The zero-order valence-electron chi connectivity index (χ0n) is 7.44. The second-order valence-corrected chi connectivity index (χ2v) is 3.54. The summed E-state index contributed by atoms with van der Waals surface area (Å²) in [6.45, 7) is 4.40. The average Bonchev–Trinajstić information content (AvgIpc) is 1.85. The Balaban J connectivity index is 0.00000121. The van der Waals surface area contributed by atoms with Gasteiger partial charge in [-0.2, -0.15) is 0 Å². The van der Waals surface area contributed by atoms with Gasteiger partial charge in [-0.1, -0.05) is 13.8 Å². The Morgan fingerprint density at radius 3 is 2.33 bits per heavy atom. The minimum atomic E-state index is -2.49. The van der Waals surface area contributed by atoms with Gasteiger partial charge in [0.15, 0.2) is 0 Å². The molecule has 74 valence electrons. The molecule has 1 fully saturated rings. The SMILES string of the molecule is CC(C)C1NCCCC1(F)F.Cl. The highest BCUT2D eigenvalue weighted by molar-refractivity contribution is 5.85. The summed E-state index contributed by atoms with van der Waals surface area (Å²) in [4.78, 5) is 0. The molecular weight excluding hydrogens is 184 g/mol. The Hall–Kier alpha value is 0.110. The summed E-state index contributed by atoms with van der Waals surface area (Å²) in [7, 11) is 0. The van der Waals surface area contributed by atoms with Crippen molar-refractivity contribution in [2.24, 2.45) is 5.92 Å². The van der Waals surface area contributed by atoms with E-state index in [4.69, 9.17) is 0 Å². The van der Waals surface area contributed by atoms with Gasteiger partial charge in [0.05, 0.1) is 6.04 Å². The van der Waals surface area contributed by atoms with E-state index >= 15 is 0 Å². The first-order chi connectivity index (χ1) is 5.04. The van der Waals surface area contributed by atoms with E-state index in [1.807, 2.05) is 13.8 Å². The molecule has 0 aromatic carbocycles. The lowest BCUT2D eigenvalue weighted by atomic mass is 9.91. The van der Waals surface area contributed by atoms with E-state index in [2.05, 4.69) is 5.32 Å². The van der Waals surface area contributed by atoms with Crippen LogP contribution in [-0.2, 0) is 0 Å².